The molecule has 0 unspecified atom stereocenters. The van der Waals surface area contributed by atoms with Crippen molar-refractivity contribution in [2.24, 2.45) is 5.73 Å². The molecular formula is C10H15NOS. The topological polar surface area (TPSA) is 43.1 Å². The predicted molar refractivity (Wildman–Crippen MR) is 56.3 cm³/mol. The Kier molecular flexibility index (Phi) is 3.63. The number of thiophene rings is 1. The molecule has 0 bridgehead atoms. The Bertz CT molecular complexity index is 291. The summed E-state index contributed by atoms with van der Waals surface area (Å²) in [6, 6.07) is 4.15. The van der Waals surface area contributed by atoms with Crippen molar-refractivity contribution in [2.45, 2.75) is 32.7 Å². The molecule has 0 aliphatic carbocycles. The van der Waals surface area contributed by atoms with Gasteiger partial charge in [-0.1, -0.05) is 0 Å². The quantitative estimate of drug-likeness (QED) is 0.752. The molecule has 0 aliphatic heterocycles. The van der Waals surface area contributed by atoms with Crippen molar-refractivity contribution in [3.05, 3.63) is 21.9 Å². The molecule has 0 saturated heterocycles. The van der Waals surface area contributed by atoms with E-state index in [9.17, 15) is 4.79 Å². The fourth-order valence-electron chi connectivity index (χ4n) is 1.07. The summed E-state index contributed by atoms with van der Waals surface area (Å²) < 4.78 is 0. The van der Waals surface area contributed by atoms with Gasteiger partial charge in [-0.15, -0.1) is 11.3 Å². The van der Waals surface area contributed by atoms with Gasteiger partial charge in [-0.05, 0) is 38.8 Å². The van der Waals surface area contributed by atoms with Gasteiger partial charge in [0.05, 0.1) is 4.88 Å². The van der Waals surface area contributed by atoms with Gasteiger partial charge in [0.25, 0.3) is 0 Å². The zero-order valence-corrected chi connectivity index (χ0v) is 8.86. The normalized spacial score (nSPS) is 12.8. The number of hydrogen-bond donors (Lipinski definition) is 1. The fourth-order valence-corrected chi connectivity index (χ4v) is 1.99. The van der Waals surface area contributed by atoms with E-state index in [-0.39, 0.29) is 11.8 Å². The lowest BCUT2D eigenvalue weighted by atomic mass is 10.2. The summed E-state index contributed by atoms with van der Waals surface area (Å²) >= 11 is 1.58. The van der Waals surface area contributed by atoms with E-state index in [4.69, 9.17) is 5.73 Å². The highest BCUT2D eigenvalue weighted by Crippen LogP contribution is 2.18. The molecule has 0 spiro atoms. The van der Waals surface area contributed by atoms with Crippen molar-refractivity contribution in [3.8, 4) is 0 Å². The summed E-state index contributed by atoms with van der Waals surface area (Å²) in [5.41, 5.74) is 5.64. The first kappa shape index (κ1) is 10.4. The smallest absolute Gasteiger partial charge is 0.169 e. The van der Waals surface area contributed by atoms with E-state index in [0.29, 0.717) is 0 Å². The van der Waals surface area contributed by atoms with Crippen LogP contribution in [0.25, 0.3) is 0 Å². The Balaban J connectivity index is 2.54. The second-order valence-electron chi connectivity index (χ2n) is 3.34. The van der Waals surface area contributed by atoms with Crippen LogP contribution in [0.2, 0.25) is 0 Å². The van der Waals surface area contributed by atoms with Gasteiger partial charge in [-0.25, -0.2) is 0 Å². The van der Waals surface area contributed by atoms with Crippen LogP contribution in [0, 0.1) is 0 Å². The molecule has 1 atom stereocenters. The highest BCUT2D eigenvalue weighted by Gasteiger charge is 2.04. The minimum Gasteiger partial charge on any atom is -0.328 e. The van der Waals surface area contributed by atoms with E-state index in [1.165, 1.54) is 4.88 Å². The third kappa shape index (κ3) is 3.28. The number of carbonyl (C=O) groups is 1. The molecule has 1 rings (SSSR count). The number of carbonyl (C=O) groups excluding carboxylic acids is 1. The monoisotopic (exact) mass is 197 g/mol. The lowest BCUT2D eigenvalue weighted by molar-refractivity contribution is 0.102. The molecule has 3 heteroatoms. The van der Waals surface area contributed by atoms with Gasteiger partial charge in [-0.2, -0.15) is 0 Å². The van der Waals surface area contributed by atoms with E-state index in [2.05, 4.69) is 0 Å². The molecule has 1 aromatic rings. The molecule has 0 radical (unpaired) electrons. The largest absolute Gasteiger partial charge is 0.328 e. The Morgan fingerprint density at radius 3 is 2.77 bits per heavy atom. The van der Waals surface area contributed by atoms with Crippen LogP contribution in [0.3, 0.4) is 0 Å². The van der Waals surface area contributed by atoms with Crippen molar-refractivity contribution < 1.29 is 4.79 Å². The number of rotatable bonds is 4. The molecule has 0 aliphatic rings. The van der Waals surface area contributed by atoms with Crippen LogP contribution in [0.15, 0.2) is 12.1 Å². The second-order valence-corrected chi connectivity index (χ2v) is 4.51. The second kappa shape index (κ2) is 4.53. The average molecular weight is 197 g/mol. The summed E-state index contributed by atoms with van der Waals surface area (Å²) in [4.78, 5) is 13.1. The Morgan fingerprint density at radius 2 is 2.31 bits per heavy atom. The summed E-state index contributed by atoms with van der Waals surface area (Å²) in [7, 11) is 0. The Labute approximate surface area is 82.8 Å². The molecule has 0 amide bonds. The van der Waals surface area contributed by atoms with Gasteiger partial charge in [0, 0.05) is 10.9 Å². The number of aryl methyl sites for hydroxylation is 1. The first-order chi connectivity index (χ1) is 6.09. The lowest BCUT2D eigenvalue weighted by Crippen LogP contribution is -2.14. The van der Waals surface area contributed by atoms with Gasteiger partial charge in [0.1, 0.15) is 0 Å². The van der Waals surface area contributed by atoms with Gasteiger partial charge < -0.3 is 5.73 Å². The fraction of sp³-hybridized carbons (Fsp3) is 0.500. The number of Topliss-reactive ketones (excluding diaryl/α,β-unsaturated/α-hetero) is 1. The number of hydrogen-bond acceptors (Lipinski definition) is 3. The highest BCUT2D eigenvalue weighted by molar-refractivity contribution is 7.14. The van der Waals surface area contributed by atoms with Gasteiger partial charge in [0.2, 0.25) is 0 Å². The molecule has 0 saturated carbocycles. The number of nitrogens with two attached hydrogens (primary N) is 1. The van der Waals surface area contributed by atoms with E-state index in [1.807, 2.05) is 19.1 Å². The predicted octanol–water partition coefficient (Wildman–Crippen LogP) is 2.23. The van der Waals surface area contributed by atoms with E-state index >= 15 is 0 Å². The SMILES string of the molecule is CC(=O)c1ccc(CC[C@H](C)N)s1. The summed E-state index contributed by atoms with van der Waals surface area (Å²) in [6.45, 7) is 3.60. The summed E-state index contributed by atoms with van der Waals surface area (Å²) in [5, 5.41) is 0. The standard InChI is InChI=1S/C10H15NOS/c1-7(11)3-4-9-5-6-10(13-9)8(2)12/h5-7H,3-4,11H2,1-2H3/t7-/m0/s1. The van der Waals surface area contributed by atoms with Crippen LogP contribution in [0.1, 0.15) is 34.8 Å². The molecule has 0 aromatic carbocycles. The highest BCUT2D eigenvalue weighted by atomic mass is 32.1. The maximum Gasteiger partial charge on any atom is 0.169 e. The van der Waals surface area contributed by atoms with Crippen LogP contribution >= 0.6 is 11.3 Å². The first-order valence-corrected chi connectivity index (χ1v) is 5.26. The summed E-state index contributed by atoms with van der Waals surface area (Å²) in [6.07, 6.45) is 1.97. The van der Waals surface area contributed by atoms with Gasteiger partial charge in [-0.3, -0.25) is 4.79 Å². The van der Waals surface area contributed by atoms with Crippen molar-refractivity contribution in [1.29, 1.82) is 0 Å². The van der Waals surface area contributed by atoms with Gasteiger partial charge >= 0.3 is 0 Å². The summed E-state index contributed by atoms with van der Waals surface area (Å²) in [5.74, 6) is 0.150. The molecule has 13 heavy (non-hydrogen) atoms. The molecule has 1 aromatic heterocycles. The minimum atomic E-state index is 0.150. The minimum absolute atomic E-state index is 0.150. The van der Waals surface area contributed by atoms with E-state index in [0.717, 1.165) is 17.7 Å². The van der Waals surface area contributed by atoms with Crippen molar-refractivity contribution in [2.75, 3.05) is 0 Å². The van der Waals surface area contributed by atoms with Crippen molar-refractivity contribution in [3.63, 3.8) is 0 Å². The van der Waals surface area contributed by atoms with Crippen LogP contribution in [0.4, 0.5) is 0 Å². The van der Waals surface area contributed by atoms with Crippen LogP contribution < -0.4 is 5.73 Å². The molecule has 2 nitrogen and oxygen atoms in total. The maximum absolute atomic E-state index is 11.0. The third-order valence-electron chi connectivity index (χ3n) is 1.85. The average Bonchev–Trinajstić information content (AvgIpc) is 2.48. The van der Waals surface area contributed by atoms with Crippen molar-refractivity contribution in [1.82, 2.24) is 0 Å². The zero-order chi connectivity index (χ0) is 9.84. The zero-order valence-electron chi connectivity index (χ0n) is 8.04. The Morgan fingerprint density at radius 1 is 1.62 bits per heavy atom. The van der Waals surface area contributed by atoms with Gasteiger partial charge in [0.15, 0.2) is 5.78 Å². The Hall–Kier alpha value is -0.670. The van der Waals surface area contributed by atoms with Crippen molar-refractivity contribution >= 4 is 17.1 Å². The van der Waals surface area contributed by atoms with Crippen LogP contribution in [0.5, 0.6) is 0 Å². The van der Waals surface area contributed by atoms with E-state index in [1.54, 1.807) is 18.3 Å². The van der Waals surface area contributed by atoms with Crippen LogP contribution in [-0.2, 0) is 6.42 Å². The van der Waals surface area contributed by atoms with E-state index < -0.39 is 0 Å². The third-order valence-corrected chi connectivity index (χ3v) is 3.10. The van der Waals surface area contributed by atoms with Crippen LogP contribution in [-0.4, -0.2) is 11.8 Å². The molecule has 72 valence electrons. The molecule has 2 N–H and O–H groups in total. The molecular weight excluding hydrogens is 182 g/mol. The maximum atomic E-state index is 11.0. The molecule has 1 heterocycles. The lowest BCUT2D eigenvalue weighted by Gasteiger charge is -2.01. The molecule has 0 fully saturated rings. The first-order valence-electron chi connectivity index (χ1n) is 4.45. The number of ketones is 1.